The summed E-state index contributed by atoms with van der Waals surface area (Å²) < 4.78 is 0. The van der Waals surface area contributed by atoms with Crippen molar-refractivity contribution in [3.05, 3.63) is 35.9 Å². The Hall–Kier alpha value is -3.23. The minimum atomic E-state index is -0.916. The fourth-order valence-electron chi connectivity index (χ4n) is 1.77. The number of hydrogen-bond acceptors (Lipinski definition) is 5. The van der Waals surface area contributed by atoms with Crippen LogP contribution < -0.4 is 21.3 Å². The molecule has 25 heavy (non-hydrogen) atoms. The maximum atomic E-state index is 11.8. The first-order valence-corrected chi connectivity index (χ1v) is 7.53. The van der Waals surface area contributed by atoms with E-state index in [2.05, 4.69) is 21.3 Å². The molecule has 0 saturated heterocycles. The fraction of sp³-hybridized carbons (Fsp3) is 0.312. The Kier molecular flexibility index (Phi) is 8.34. The van der Waals surface area contributed by atoms with E-state index in [4.69, 9.17) is 0 Å². The highest BCUT2D eigenvalue weighted by Gasteiger charge is 2.18. The summed E-state index contributed by atoms with van der Waals surface area (Å²) in [7, 11) is 0. The van der Waals surface area contributed by atoms with E-state index < -0.39 is 36.1 Å². The van der Waals surface area contributed by atoms with E-state index in [-0.39, 0.29) is 13.1 Å². The first-order valence-electron chi connectivity index (χ1n) is 7.53. The first kappa shape index (κ1) is 19.8. The molecule has 0 fully saturated rings. The number of nitrogens with one attached hydrogen (secondary N) is 4. The number of carbonyl (C=O) groups excluding carboxylic acids is 5. The van der Waals surface area contributed by atoms with E-state index in [1.54, 1.807) is 12.1 Å². The number of benzene rings is 1. The highest BCUT2D eigenvalue weighted by atomic mass is 16.2. The van der Waals surface area contributed by atoms with Crippen LogP contribution in [0.25, 0.3) is 0 Å². The van der Waals surface area contributed by atoms with Gasteiger partial charge in [-0.1, -0.05) is 30.3 Å². The summed E-state index contributed by atoms with van der Waals surface area (Å²) in [6, 6.07) is 8.14. The normalized spacial score (nSPS) is 10.9. The molecular formula is C16H20N4O5. The van der Waals surface area contributed by atoms with Crippen LogP contribution in [0.1, 0.15) is 12.5 Å². The average Bonchev–Trinajstić information content (AvgIpc) is 2.62. The quantitative estimate of drug-likeness (QED) is 0.294. The molecule has 0 saturated carbocycles. The summed E-state index contributed by atoms with van der Waals surface area (Å²) >= 11 is 0. The van der Waals surface area contributed by atoms with Crippen LogP contribution in [0, 0.1) is 0 Å². The van der Waals surface area contributed by atoms with Gasteiger partial charge in [0.05, 0.1) is 13.1 Å². The molecule has 0 heterocycles. The van der Waals surface area contributed by atoms with E-state index in [0.29, 0.717) is 6.41 Å². The van der Waals surface area contributed by atoms with Gasteiger partial charge in [0.2, 0.25) is 24.0 Å². The zero-order valence-corrected chi connectivity index (χ0v) is 13.7. The summed E-state index contributed by atoms with van der Waals surface area (Å²) in [6.45, 7) is 0.873. The molecule has 0 spiro atoms. The summed E-state index contributed by atoms with van der Waals surface area (Å²) in [5, 5.41) is 9.21. The lowest BCUT2D eigenvalue weighted by Crippen LogP contribution is -2.49. The van der Waals surface area contributed by atoms with Crippen LogP contribution in [0.2, 0.25) is 0 Å². The number of carbonyl (C=O) groups is 5. The molecule has 1 aromatic rings. The van der Waals surface area contributed by atoms with Crippen molar-refractivity contribution in [1.82, 2.24) is 21.3 Å². The molecule has 134 valence electrons. The second-order valence-electron chi connectivity index (χ2n) is 5.10. The zero-order chi connectivity index (χ0) is 18.7. The van der Waals surface area contributed by atoms with Crippen LogP contribution >= 0.6 is 0 Å². The first-order chi connectivity index (χ1) is 11.9. The molecule has 4 amide bonds. The van der Waals surface area contributed by atoms with Gasteiger partial charge in [-0.05, 0) is 12.5 Å². The van der Waals surface area contributed by atoms with Gasteiger partial charge in [0.1, 0.15) is 6.04 Å². The summed E-state index contributed by atoms with van der Waals surface area (Å²) in [6.07, 6.45) is 0.358. The predicted molar refractivity (Wildman–Crippen MR) is 88.0 cm³/mol. The molecule has 9 heteroatoms. The third-order valence-electron chi connectivity index (χ3n) is 3.09. The second kappa shape index (κ2) is 10.5. The Bertz CT molecular complexity index is 633. The number of hydrogen-bond donors (Lipinski definition) is 4. The van der Waals surface area contributed by atoms with E-state index >= 15 is 0 Å². The third kappa shape index (κ3) is 7.73. The summed E-state index contributed by atoms with van der Waals surface area (Å²) in [4.78, 5) is 56.5. The molecule has 1 rings (SSSR count). The van der Waals surface area contributed by atoms with Crippen LogP contribution in [0.3, 0.4) is 0 Å². The lowest BCUT2D eigenvalue weighted by molar-refractivity contribution is -0.138. The molecule has 0 bridgehead atoms. The SMILES string of the molecule is C[C@H](NC(=O)CNC=O)C(=O)NCC(=O)C(=O)NCc1ccccc1. The van der Waals surface area contributed by atoms with Crippen molar-refractivity contribution >= 4 is 29.9 Å². The molecule has 0 radical (unpaired) electrons. The monoisotopic (exact) mass is 348 g/mol. The molecule has 0 aliphatic carbocycles. The van der Waals surface area contributed by atoms with E-state index in [9.17, 15) is 24.0 Å². The topological polar surface area (TPSA) is 133 Å². The molecule has 0 aromatic heterocycles. The average molecular weight is 348 g/mol. The molecule has 9 nitrogen and oxygen atoms in total. The van der Waals surface area contributed by atoms with Gasteiger partial charge in [-0.3, -0.25) is 24.0 Å². The van der Waals surface area contributed by atoms with Crippen molar-refractivity contribution in [2.45, 2.75) is 19.5 Å². The van der Waals surface area contributed by atoms with Gasteiger partial charge in [0.25, 0.3) is 5.91 Å². The molecule has 0 aliphatic rings. The number of rotatable bonds is 10. The third-order valence-corrected chi connectivity index (χ3v) is 3.09. The predicted octanol–water partition coefficient (Wildman–Crippen LogP) is -1.76. The largest absolute Gasteiger partial charge is 0.350 e. The maximum absolute atomic E-state index is 11.8. The van der Waals surface area contributed by atoms with Crippen LogP contribution in [0.15, 0.2) is 30.3 Å². The Morgan fingerprint density at radius 3 is 2.36 bits per heavy atom. The van der Waals surface area contributed by atoms with E-state index in [1.165, 1.54) is 6.92 Å². The zero-order valence-electron chi connectivity index (χ0n) is 13.7. The van der Waals surface area contributed by atoms with Crippen molar-refractivity contribution in [2.24, 2.45) is 0 Å². The van der Waals surface area contributed by atoms with Gasteiger partial charge in [0, 0.05) is 6.54 Å². The lowest BCUT2D eigenvalue weighted by atomic mass is 10.2. The molecule has 1 atom stereocenters. The van der Waals surface area contributed by atoms with Crippen molar-refractivity contribution < 1.29 is 24.0 Å². The molecule has 1 aromatic carbocycles. The second-order valence-corrected chi connectivity index (χ2v) is 5.10. The van der Waals surface area contributed by atoms with Crippen LogP contribution in [0.5, 0.6) is 0 Å². The number of Topliss-reactive ketones (excluding diaryl/α,β-unsaturated/α-hetero) is 1. The van der Waals surface area contributed by atoms with Gasteiger partial charge in [0.15, 0.2) is 0 Å². The van der Waals surface area contributed by atoms with Crippen molar-refractivity contribution in [2.75, 3.05) is 13.1 Å². The fourth-order valence-corrected chi connectivity index (χ4v) is 1.77. The van der Waals surface area contributed by atoms with Crippen LogP contribution in [-0.2, 0) is 30.5 Å². The Morgan fingerprint density at radius 1 is 1.04 bits per heavy atom. The van der Waals surface area contributed by atoms with E-state index in [0.717, 1.165) is 5.56 Å². The maximum Gasteiger partial charge on any atom is 0.289 e. The minimum Gasteiger partial charge on any atom is -0.350 e. The van der Waals surface area contributed by atoms with Crippen molar-refractivity contribution in [3.63, 3.8) is 0 Å². The van der Waals surface area contributed by atoms with E-state index in [1.807, 2.05) is 18.2 Å². The van der Waals surface area contributed by atoms with Crippen molar-refractivity contribution in [3.8, 4) is 0 Å². The Morgan fingerprint density at radius 2 is 1.72 bits per heavy atom. The van der Waals surface area contributed by atoms with Gasteiger partial charge in [-0.2, -0.15) is 0 Å². The lowest BCUT2D eigenvalue weighted by Gasteiger charge is -2.13. The highest BCUT2D eigenvalue weighted by Crippen LogP contribution is 1.96. The Labute approximate surface area is 144 Å². The molecule has 4 N–H and O–H groups in total. The summed E-state index contributed by atoms with van der Waals surface area (Å²) in [5.74, 6) is -2.79. The van der Waals surface area contributed by atoms with Gasteiger partial charge in [-0.15, -0.1) is 0 Å². The molecule has 0 aliphatic heterocycles. The van der Waals surface area contributed by atoms with Crippen LogP contribution in [0.4, 0.5) is 0 Å². The highest BCUT2D eigenvalue weighted by molar-refractivity contribution is 6.37. The minimum absolute atomic E-state index is 0.204. The van der Waals surface area contributed by atoms with Gasteiger partial charge in [-0.25, -0.2) is 0 Å². The standard InChI is InChI=1S/C16H20N4O5/c1-11(20-14(23)9-17-10-21)15(24)19-8-13(22)16(25)18-7-12-5-3-2-4-6-12/h2-6,10-11H,7-9H2,1H3,(H,17,21)(H,18,25)(H,19,24)(H,20,23)/t11-/m0/s1. The molecular weight excluding hydrogens is 328 g/mol. The smallest absolute Gasteiger partial charge is 0.289 e. The number of amides is 4. The summed E-state index contributed by atoms with van der Waals surface area (Å²) in [5.41, 5.74) is 0.841. The van der Waals surface area contributed by atoms with Gasteiger partial charge >= 0.3 is 0 Å². The van der Waals surface area contributed by atoms with Crippen molar-refractivity contribution in [1.29, 1.82) is 0 Å². The van der Waals surface area contributed by atoms with Crippen LogP contribution in [-0.4, -0.2) is 49.0 Å². The number of ketones is 1. The van der Waals surface area contributed by atoms with Gasteiger partial charge < -0.3 is 21.3 Å². The molecule has 0 unspecified atom stereocenters. The Balaban J connectivity index is 2.31.